The second-order valence-electron chi connectivity index (χ2n) is 13.8. The van der Waals surface area contributed by atoms with E-state index in [0.29, 0.717) is 22.2 Å². The van der Waals surface area contributed by atoms with Crippen LogP contribution in [0.3, 0.4) is 0 Å². The van der Waals surface area contributed by atoms with Gasteiger partial charge in [-0.25, -0.2) is 4.89 Å². The summed E-state index contributed by atoms with van der Waals surface area (Å²) in [6.07, 6.45) is 18.2. The Morgan fingerprint density at radius 3 is 2.59 bits per heavy atom. The fraction of sp³-hybridized carbons (Fsp3) is 0.862. The van der Waals surface area contributed by atoms with E-state index in [1.165, 1.54) is 44.9 Å². The molecule has 2 spiro atoms. The molecule has 180 valence electrons. The van der Waals surface area contributed by atoms with E-state index < -0.39 is 5.60 Å². The third-order valence-electron chi connectivity index (χ3n) is 11.6. The first-order valence-electron chi connectivity index (χ1n) is 13.3. The van der Waals surface area contributed by atoms with Gasteiger partial charge >= 0.3 is 0 Å². The molecule has 8 atom stereocenters. The SMILES string of the molecule is CC(CC=CC(C)(C)OO)C1CCC2C3CC=C4C(C)(C)C(O)CCC45CC35CCC12C. The Balaban J connectivity index is 1.36. The van der Waals surface area contributed by atoms with Crippen molar-refractivity contribution < 1.29 is 15.3 Å². The van der Waals surface area contributed by atoms with Crippen molar-refractivity contribution in [2.24, 2.45) is 45.3 Å². The first kappa shape index (κ1) is 23.1. The Bertz CT molecular complexity index is 824. The summed E-state index contributed by atoms with van der Waals surface area (Å²) >= 11 is 0. The van der Waals surface area contributed by atoms with Gasteiger partial charge in [0.15, 0.2) is 0 Å². The molecule has 0 radical (unpaired) electrons. The molecule has 2 N–H and O–H groups in total. The monoisotopic (exact) mass is 442 g/mol. The third-order valence-corrected chi connectivity index (χ3v) is 11.6. The van der Waals surface area contributed by atoms with Crippen molar-refractivity contribution in [2.75, 3.05) is 0 Å². The molecule has 0 aromatic rings. The summed E-state index contributed by atoms with van der Waals surface area (Å²) in [5, 5.41) is 19.8. The Hall–Kier alpha value is -0.640. The summed E-state index contributed by atoms with van der Waals surface area (Å²) < 4.78 is 0. The van der Waals surface area contributed by atoms with Crippen molar-refractivity contribution >= 4 is 0 Å². The Morgan fingerprint density at radius 2 is 1.88 bits per heavy atom. The molecular weight excluding hydrogens is 396 g/mol. The van der Waals surface area contributed by atoms with Crippen LogP contribution < -0.4 is 0 Å². The molecule has 32 heavy (non-hydrogen) atoms. The normalized spacial score (nSPS) is 47.8. The van der Waals surface area contributed by atoms with Gasteiger partial charge in [0, 0.05) is 5.41 Å². The zero-order chi connectivity index (χ0) is 23.2. The molecule has 3 heteroatoms. The summed E-state index contributed by atoms with van der Waals surface area (Å²) in [5.74, 6) is 3.16. The Labute approximate surface area is 195 Å². The molecule has 4 fully saturated rings. The molecule has 5 aliphatic carbocycles. The fourth-order valence-electron chi connectivity index (χ4n) is 9.86. The van der Waals surface area contributed by atoms with Crippen LogP contribution >= 0.6 is 0 Å². The molecule has 0 aliphatic heterocycles. The van der Waals surface area contributed by atoms with Gasteiger partial charge in [-0.1, -0.05) is 51.5 Å². The van der Waals surface area contributed by atoms with Crippen molar-refractivity contribution in [1.29, 1.82) is 0 Å². The van der Waals surface area contributed by atoms with Gasteiger partial charge in [-0.15, -0.1) is 0 Å². The summed E-state index contributed by atoms with van der Waals surface area (Å²) in [5.41, 5.74) is 2.41. The topological polar surface area (TPSA) is 49.7 Å². The van der Waals surface area contributed by atoms with Gasteiger partial charge in [0.25, 0.3) is 0 Å². The molecule has 0 bridgehead atoms. The number of aliphatic hydroxyl groups excluding tert-OH is 1. The van der Waals surface area contributed by atoms with Crippen LogP contribution in [0.4, 0.5) is 0 Å². The predicted octanol–water partition coefficient (Wildman–Crippen LogP) is 7.17. The van der Waals surface area contributed by atoms with Crippen molar-refractivity contribution in [2.45, 2.75) is 111 Å². The smallest absolute Gasteiger partial charge is 0.116 e. The number of aliphatic hydroxyl groups is 1. The lowest BCUT2D eigenvalue weighted by Crippen LogP contribution is -2.50. The Kier molecular flexibility index (Phi) is 5.19. The number of fused-ring (bicyclic) bond motifs is 2. The van der Waals surface area contributed by atoms with Gasteiger partial charge in [0.1, 0.15) is 5.60 Å². The van der Waals surface area contributed by atoms with Crippen LogP contribution in [0.2, 0.25) is 0 Å². The van der Waals surface area contributed by atoms with E-state index in [-0.39, 0.29) is 11.5 Å². The van der Waals surface area contributed by atoms with Crippen LogP contribution in [0.15, 0.2) is 23.8 Å². The quantitative estimate of drug-likeness (QED) is 0.270. The first-order valence-corrected chi connectivity index (χ1v) is 13.3. The fourth-order valence-corrected chi connectivity index (χ4v) is 9.86. The molecule has 0 amide bonds. The van der Waals surface area contributed by atoms with Crippen LogP contribution in [0.25, 0.3) is 0 Å². The minimum absolute atomic E-state index is 0.0431. The standard InChI is InChI=1S/C29H46O3/c1-19(8-7-14-25(2,3)32-31)20-9-10-21-22-11-12-23-26(4,5)24(30)13-15-29(23)18-28(22,29)17-16-27(20,21)6/h7,12,14,19-22,24,30-31H,8-11,13,15-18H2,1-6H3. The lowest BCUT2D eigenvalue weighted by Gasteiger charge is -2.56. The maximum atomic E-state index is 10.8. The van der Waals surface area contributed by atoms with Gasteiger partial charge in [-0.05, 0) is 112 Å². The Morgan fingerprint density at radius 1 is 1.12 bits per heavy atom. The highest BCUT2D eigenvalue weighted by Gasteiger charge is 2.78. The highest BCUT2D eigenvalue weighted by Crippen LogP contribution is 2.85. The number of allylic oxidation sites excluding steroid dienone is 2. The average molecular weight is 443 g/mol. The van der Waals surface area contributed by atoms with E-state index in [1.807, 2.05) is 19.9 Å². The van der Waals surface area contributed by atoms with E-state index in [1.54, 1.807) is 5.57 Å². The maximum Gasteiger partial charge on any atom is 0.116 e. The van der Waals surface area contributed by atoms with Gasteiger partial charge < -0.3 is 5.11 Å². The minimum atomic E-state index is -0.604. The summed E-state index contributed by atoms with van der Waals surface area (Å²) in [7, 11) is 0. The van der Waals surface area contributed by atoms with Crippen molar-refractivity contribution in [3.63, 3.8) is 0 Å². The van der Waals surface area contributed by atoms with Crippen LogP contribution in [-0.4, -0.2) is 22.1 Å². The number of rotatable bonds is 5. The molecule has 4 saturated carbocycles. The lowest BCUT2D eigenvalue weighted by molar-refractivity contribution is -0.297. The van der Waals surface area contributed by atoms with Gasteiger partial charge in [-0.3, -0.25) is 5.26 Å². The van der Waals surface area contributed by atoms with E-state index >= 15 is 0 Å². The van der Waals surface area contributed by atoms with Crippen molar-refractivity contribution in [3.05, 3.63) is 23.8 Å². The summed E-state index contributed by atoms with van der Waals surface area (Å²) in [6.45, 7) is 13.5. The lowest BCUT2D eigenvalue weighted by atomic mass is 9.49. The van der Waals surface area contributed by atoms with Gasteiger partial charge in [0.2, 0.25) is 0 Å². The zero-order valence-electron chi connectivity index (χ0n) is 21.3. The van der Waals surface area contributed by atoms with E-state index in [4.69, 9.17) is 5.26 Å². The highest BCUT2D eigenvalue weighted by molar-refractivity contribution is 5.43. The van der Waals surface area contributed by atoms with Crippen LogP contribution in [-0.2, 0) is 4.89 Å². The second kappa shape index (κ2) is 7.18. The van der Waals surface area contributed by atoms with Crippen LogP contribution in [0.5, 0.6) is 0 Å². The average Bonchev–Trinajstić information content (AvgIpc) is 3.27. The van der Waals surface area contributed by atoms with Crippen molar-refractivity contribution in [3.8, 4) is 0 Å². The summed E-state index contributed by atoms with van der Waals surface area (Å²) in [6, 6.07) is 0. The maximum absolute atomic E-state index is 10.8. The second-order valence-corrected chi connectivity index (χ2v) is 13.8. The molecule has 3 nitrogen and oxygen atoms in total. The zero-order valence-corrected chi connectivity index (χ0v) is 21.3. The van der Waals surface area contributed by atoms with Crippen LogP contribution in [0, 0.1) is 45.3 Å². The molecular formula is C29H46O3. The molecule has 0 heterocycles. The number of hydrogen-bond donors (Lipinski definition) is 2. The van der Waals surface area contributed by atoms with E-state index in [2.05, 4.69) is 44.7 Å². The molecule has 0 saturated heterocycles. The molecule has 8 unspecified atom stereocenters. The predicted molar refractivity (Wildman–Crippen MR) is 129 cm³/mol. The van der Waals surface area contributed by atoms with E-state index in [9.17, 15) is 5.11 Å². The first-order chi connectivity index (χ1) is 14.9. The molecule has 0 aromatic heterocycles. The largest absolute Gasteiger partial charge is 0.392 e. The van der Waals surface area contributed by atoms with Crippen molar-refractivity contribution in [1.82, 2.24) is 0 Å². The molecule has 5 rings (SSSR count). The van der Waals surface area contributed by atoms with E-state index in [0.717, 1.165) is 30.6 Å². The van der Waals surface area contributed by atoms with Crippen LogP contribution in [0.1, 0.15) is 99.3 Å². The molecule has 0 aromatic carbocycles. The number of hydrogen-bond acceptors (Lipinski definition) is 3. The summed E-state index contributed by atoms with van der Waals surface area (Å²) in [4.78, 5) is 4.58. The molecule has 5 aliphatic rings. The highest BCUT2D eigenvalue weighted by atomic mass is 17.1. The third kappa shape index (κ3) is 2.96. The van der Waals surface area contributed by atoms with Gasteiger partial charge in [0.05, 0.1) is 6.10 Å². The van der Waals surface area contributed by atoms with Gasteiger partial charge in [-0.2, -0.15) is 0 Å². The minimum Gasteiger partial charge on any atom is -0.392 e.